The van der Waals surface area contributed by atoms with Crippen LogP contribution in [0.2, 0.25) is 0 Å². The second kappa shape index (κ2) is 11.0. The van der Waals surface area contributed by atoms with E-state index in [1.54, 1.807) is 0 Å². The maximum Gasteiger partial charge on any atom is 0.119 e. The van der Waals surface area contributed by atoms with E-state index in [0.717, 1.165) is 44.3 Å². The number of benzene rings is 1. The van der Waals surface area contributed by atoms with Crippen molar-refractivity contribution in [2.24, 2.45) is 5.92 Å². The molecule has 1 aliphatic rings. The molecule has 1 heterocycles. The number of hydrogen-bond donors (Lipinski definition) is 0. The van der Waals surface area contributed by atoms with Gasteiger partial charge in [-0.2, -0.15) is 0 Å². The summed E-state index contributed by atoms with van der Waals surface area (Å²) in [5.74, 6) is 1.83. The molecule has 24 heavy (non-hydrogen) atoms. The third kappa shape index (κ3) is 7.45. The zero-order valence-electron chi connectivity index (χ0n) is 15.7. The minimum Gasteiger partial charge on any atom is -0.494 e. The second-order valence-corrected chi connectivity index (χ2v) is 8.00. The summed E-state index contributed by atoms with van der Waals surface area (Å²) in [5, 5.41) is 0. The quantitative estimate of drug-likeness (QED) is 0.449. The largest absolute Gasteiger partial charge is 0.494 e. The van der Waals surface area contributed by atoms with E-state index in [1.807, 2.05) is 11.9 Å². The minimum atomic E-state index is 0.821. The lowest BCUT2D eigenvalue weighted by Gasteiger charge is -2.33. The summed E-state index contributed by atoms with van der Waals surface area (Å²) in [6.07, 6.45) is 7.26. The zero-order chi connectivity index (χ0) is 17.2. The number of ether oxygens (including phenoxy) is 1. The van der Waals surface area contributed by atoms with Crippen molar-refractivity contribution in [3.8, 4) is 5.75 Å². The Morgan fingerprint density at radius 2 is 1.71 bits per heavy atom. The van der Waals surface area contributed by atoms with Gasteiger partial charge in [-0.25, -0.2) is 4.31 Å². The highest BCUT2D eigenvalue weighted by molar-refractivity contribution is 7.96. The van der Waals surface area contributed by atoms with Gasteiger partial charge < -0.3 is 4.74 Å². The van der Waals surface area contributed by atoms with Crippen LogP contribution in [-0.4, -0.2) is 48.2 Å². The number of unbranched alkanes of at least 4 members (excludes halogenated alkanes) is 2. The molecule has 0 saturated carbocycles. The van der Waals surface area contributed by atoms with Crippen molar-refractivity contribution >= 4 is 11.9 Å². The first kappa shape index (κ1) is 19.6. The van der Waals surface area contributed by atoms with E-state index < -0.39 is 0 Å². The van der Waals surface area contributed by atoms with Gasteiger partial charge in [-0.05, 0) is 36.3 Å². The molecule has 0 radical (unpaired) electrons. The summed E-state index contributed by atoms with van der Waals surface area (Å²) in [5.41, 5.74) is 1.39. The molecule has 2 rings (SSSR count). The average Bonchev–Trinajstić information content (AvgIpc) is 2.60. The van der Waals surface area contributed by atoms with Gasteiger partial charge in [0, 0.05) is 32.7 Å². The maximum atomic E-state index is 5.86. The van der Waals surface area contributed by atoms with Crippen molar-refractivity contribution in [3.05, 3.63) is 29.8 Å². The lowest BCUT2D eigenvalue weighted by Crippen LogP contribution is -2.42. The standard InChI is InChI=1S/C20H34N2OS/c1-18(2)7-5-4-6-16-23-20-10-8-19(9-11-20)17-21-12-14-22(24-3)15-13-21/h8-11,18H,4-7,12-17H2,1-3H3. The average molecular weight is 351 g/mol. The molecule has 136 valence electrons. The lowest BCUT2D eigenvalue weighted by atomic mass is 10.1. The van der Waals surface area contributed by atoms with Crippen LogP contribution in [0.15, 0.2) is 24.3 Å². The number of piperazine rings is 1. The van der Waals surface area contributed by atoms with Crippen LogP contribution in [0.5, 0.6) is 5.75 Å². The van der Waals surface area contributed by atoms with E-state index in [9.17, 15) is 0 Å². The summed E-state index contributed by atoms with van der Waals surface area (Å²) in [6.45, 7) is 11.1. The van der Waals surface area contributed by atoms with Gasteiger partial charge in [-0.3, -0.25) is 4.90 Å². The third-order valence-corrected chi connectivity index (χ3v) is 5.50. The van der Waals surface area contributed by atoms with E-state index in [2.05, 4.69) is 53.6 Å². The Kier molecular flexibility index (Phi) is 9.00. The van der Waals surface area contributed by atoms with Crippen LogP contribution in [0, 0.1) is 5.92 Å². The molecule has 1 aromatic rings. The first-order valence-corrected chi connectivity index (χ1v) is 10.6. The van der Waals surface area contributed by atoms with Crippen molar-refractivity contribution in [1.82, 2.24) is 9.21 Å². The molecule has 0 atom stereocenters. The van der Waals surface area contributed by atoms with Crippen LogP contribution in [0.1, 0.15) is 45.1 Å². The smallest absolute Gasteiger partial charge is 0.119 e. The molecule has 0 spiro atoms. The number of hydrogen-bond acceptors (Lipinski definition) is 4. The van der Waals surface area contributed by atoms with E-state index in [1.165, 1.54) is 37.9 Å². The fourth-order valence-corrected chi connectivity index (χ4v) is 3.57. The van der Waals surface area contributed by atoms with Crippen molar-refractivity contribution in [3.63, 3.8) is 0 Å². The molecular formula is C20H34N2OS. The third-order valence-electron chi connectivity index (χ3n) is 4.61. The van der Waals surface area contributed by atoms with E-state index in [0.29, 0.717) is 0 Å². The predicted octanol–water partition coefficient (Wildman–Crippen LogP) is 4.68. The number of rotatable bonds is 10. The van der Waals surface area contributed by atoms with Gasteiger partial charge in [-0.1, -0.05) is 57.2 Å². The highest BCUT2D eigenvalue weighted by Gasteiger charge is 2.15. The molecule has 1 fully saturated rings. The van der Waals surface area contributed by atoms with Crippen LogP contribution in [0.25, 0.3) is 0 Å². The Hall–Kier alpha value is -0.710. The molecule has 0 N–H and O–H groups in total. The van der Waals surface area contributed by atoms with Gasteiger partial charge in [0.25, 0.3) is 0 Å². The zero-order valence-corrected chi connectivity index (χ0v) is 16.5. The number of nitrogens with zero attached hydrogens (tertiary/aromatic N) is 2. The molecule has 3 nitrogen and oxygen atoms in total. The molecule has 0 amide bonds. The van der Waals surface area contributed by atoms with Crippen molar-refractivity contribution in [1.29, 1.82) is 0 Å². The molecule has 1 aromatic carbocycles. The summed E-state index contributed by atoms with van der Waals surface area (Å²) < 4.78 is 8.30. The van der Waals surface area contributed by atoms with Crippen molar-refractivity contribution in [2.75, 3.05) is 39.0 Å². The molecule has 0 aromatic heterocycles. The molecule has 4 heteroatoms. The van der Waals surface area contributed by atoms with Gasteiger partial charge in [0.1, 0.15) is 5.75 Å². The van der Waals surface area contributed by atoms with Crippen LogP contribution in [0.4, 0.5) is 0 Å². The van der Waals surface area contributed by atoms with Crippen LogP contribution >= 0.6 is 11.9 Å². The maximum absolute atomic E-state index is 5.86. The van der Waals surface area contributed by atoms with Crippen LogP contribution < -0.4 is 4.74 Å². The highest BCUT2D eigenvalue weighted by Crippen LogP contribution is 2.17. The summed E-state index contributed by atoms with van der Waals surface area (Å²) >= 11 is 1.86. The Labute approximate surface area is 152 Å². The van der Waals surface area contributed by atoms with Gasteiger partial charge in [0.05, 0.1) is 6.61 Å². The predicted molar refractivity (Wildman–Crippen MR) is 106 cm³/mol. The van der Waals surface area contributed by atoms with Gasteiger partial charge in [0.15, 0.2) is 0 Å². The van der Waals surface area contributed by atoms with Crippen molar-refractivity contribution in [2.45, 2.75) is 46.1 Å². The fourth-order valence-electron chi connectivity index (χ4n) is 3.04. The molecule has 1 aliphatic heterocycles. The monoisotopic (exact) mass is 350 g/mol. The molecule has 1 saturated heterocycles. The lowest BCUT2D eigenvalue weighted by molar-refractivity contribution is 0.189. The molecule has 0 aliphatic carbocycles. The first-order valence-electron chi connectivity index (χ1n) is 9.40. The second-order valence-electron chi connectivity index (χ2n) is 7.12. The van der Waals surface area contributed by atoms with E-state index in [-0.39, 0.29) is 0 Å². The molecule has 0 bridgehead atoms. The highest BCUT2D eigenvalue weighted by atomic mass is 32.2. The molecule has 0 unspecified atom stereocenters. The Bertz CT molecular complexity index is 441. The van der Waals surface area contributed by atoms with Gasteiger partial charge >= 0.3 is 0 Å². The van der Waals surface area contributed by atoms with Gasteiger partial charge in [0.2, 0.25) is 0 Å². The minimum absolute atomic E-state index is 0.821. The topological polar surface area (TPSA) is 15.7 Å². The summed E-state index contributed by atoms with van der Waals surface area (Å²) in [7, 11) is 0. The Balaban J connectivity index is 1.62. The summed E-state index contributed by atoms with van der Waals surface area (Å²) in [4.78, 5) is 2.54. The van der Waals surface area contributed by atoms with Crippen molar-refractivity contribution < 1.29 is 4.74 Å². The van der Waals surface area contributed by atoms with E-state index in [4.69, 9.17) is 4.74 Å². The van der Waals surface area contributed by atoms with E-state index >= 15 is 0 Å². The van der Waals surface area contributed by atoms with Crippen LogP contribution in [-0.2, 0) is 6.54 Å². The van der Waals surface area contributed by atoms with Crippen LogP contribution in [0.3, 0.4) is 0 Å². The first-order chi connectivity index (χ1) is 11.7. The Morgan fingerprint density at radius 3 is 2.33 bits per heavy atom. The fraction of sp³-hybridized carbons (Fsp3) is 0.700. The van der Waals surface area contributed by atoms with Gasteiger partial charge in [-0.15, -0.1) is 0 Å². The SMILES string of the molecule is CSN1CCN(Cc2ccc(OCCCCCC(C)C)cc2)CC1. The summed E-state index contributed by atoms with van der Waals surface area (Å²) in [6, 6.07) is 8.69. The molecular weight excluding hydrogens is 316 g/mol. The normalized spacial score (nSPS) is 16.7. The Morgan fingerprint density at radius 1 is 1.00 bits per heavy atom.